The summed E-state index contributed by atoms with van der Waals surface area (Å²) >= 11 is 0. The Kier molecular flexibility index (Phi) is 4.17. The van der Waals surface area contributed by atoms with Crippen LogP contribution in [0.4, 0.5) is 8.78 Å². The van der Waals surface area contributed by atoms with Crippen molar-refractivity contribution in [2.75, 3.05) is 6.54 Å². The lowest BCUT2D eigenvalue weighted by atomic mass is 9.91. The predicted molar refractivity (Wildman–Crippen MR) is 74.5 cm³/mol. The van der Waals surface area contributed by atoms with Crippen LogP contribution in [-0.4, -0.2) is 6.54 Å². The van der Waals surface area contributed by atoms with Gasteiger partial charge in [-0.3, -0.25) is 0 Å². The van der Waals surface area contributed by atoms with Gasteiger partial charge in [0, 0.05) is 17.7 Å². The maximum Gasteiger partial charge on any atom is 0.131 e. The van der Waals surface area contributed by atoms with Crippen LogP contribution in [-0.2, 0) is 13.0 Å². The molecule has 1 nitrogen and oxygen atoms in total. The molecule has 3 rings (SSSR count). The van der Waals surface area contributed by atoms with Gasteiger partial charge in [0.2, 0.25) is 0 Å². The minimum Gasteiger partial charge on any atom is -0.312 e. The molecule has 0 radical (unpaired) electrons. The van der Waals surface area contributed by atoms with Crippen molar-refractivity contribution in [1.29, 1.82) is 0 Å². The van der Waals surface area contributed by atoms with E-state index in [1.165, 1.54) is 12.1 Å². The van der Waals surface area contributed by atoms with Crippen molar-refractivity contribution in [3.63, 3.8) is 0 Å². The molecule has 0 bridgehead atoms. The molecule has 0 unspecified atom stereocenters. The van der Waals surface area contributed by atoms with Gasteiger partial charge in [-0.05, 0) is 36.2 Å². The van der Waals surface area contributed by atoms with Gasteiger partial charge in [-0.1, -0.05) is 24.3 Å². The second-order valence-corrected chi connectivity index (χ2v) is 4.47. The lowest BCUT2D eigenvalue weighted by Crippen LogP contribution is -2.24. The summed E-state index contributed by atoms with van der Waals surface area (Å²) in [5.74, 6) is -0.738. The summed E-state index contributed by atoms with van der Waals surface area (Å²) in [6.07, 6.45) is 0.858. The molecule has 19 heavy (non-hydrogen) atoms. The monoisotopic (exact) mass is 281 g/mol. The normalized spacial score (nSPS) is 13.6. The number of hydrogen-bond acceptors (Lipinski definition) is 1. The third-order valence-electron chi connectivity index (χ3n) is 3.38. The molecule has 2 aromatic rings. The van der Waals surface area contributed by atoms with E-state index < -0.39 is 0 Å². The number of fused-ring (bicyclic) bond motifs is 1. The highest BCUT2D eigenvalue weighted by atomic mass is 35.5. The molecule has 0 aromatic heterocycles. The molecule has 2 aromatic carbocycles. The zero-order chi connectivity index (χ0) is 12.5. The number of hydrogen-bond donors (Lipinski definition) is 1. The van der Waals surface area contributed by atoms with E-state index in [0.29, 0.717) is 17.7 Å². The van der Waals surface area contributed by atoms with E-state index in [2.05, 4.69) is 5.32 Å². The zero-order valence-electron chi connectivity index (χ0n) is 10.2. The lowest BCUT2D eigenvalue weighted by molar-refractivity contribution is 0.600. The van der Waals surface area contributed by atoms with Crippen LogP contribution < -0.4 is 5.32 Å². The summed E-state index contributed by atoms with van der Waals surface area (Å²) in [6, 6.07) is 9.58. The lowest BCUT2D eigenvalue weighted by Gasteiger charge is -2.21. The van der Waals surface area contributed by atoms with Crippen molar-refractivity contribution in [3.8, 4) is 11.1 Å². The molecule has 0 aliphatic carbocycles. The zero-order valence-corrected chi connectivity index (χ0v) is 11.1. The molecule has 0 saturated carbocycles. The van der Waals surface area contributed by atoms with E-state index in [4.69, 9.17) is 0 Å². The van der Waals surface area contributed by atoms with Crippen LogP contribution in [0.5, 0.6) is 0 Å². The molecule has 1 N–H and O–H groups in total. The smallest absolute Gasteiger partial charge is 0.131 e. The van der Waals surface area contributed by atoms with Crippen molar-refractivity contribution >= 4 is 12.4 Å². The molecular weight excluding hydrogens is 268 g/mol. The SMILES string of the molecule is Cl.Fc1ccccc1-c1c(F)ccc2c1CNCC2. The maximum absolute atomic E-state index is 14.0. The van der Waals surface area contributed by atoms with Crippen molar-refractivity contribution < 1.29 is 8.78 Å². The summed E-state index contributed by atoms with van der Waals surface area (Å²) in [6.45, 7) is 1.48. The molecule has 4 heteroatoms. The topological polar surface area (TPSA) is 12.0 Å². The van der Waals surface area contributed by atoms with Crippen LogP contribution in [0.25, 0.3) is 11.1 Å². The Labute approximate surface area is 117 Å². The van der Waals surface area contributed by atoms with Crippen LogP contribution in [0.1, 0.15) is 11.1 Å². The minimum atomic E-state index is -0.379. The van der Waals surface area contributed by atoms with Crippen LogP contribution in [0.15, 0.2) is 36.4 Å². The highest BCUT2D eigenvalue weighted by Crippen LogP contribution is 2.32. The Morgan fingerprint density at radius 1 is 0.947 bits per heavy atom. The van der Waals surface area contributed by atoms with Gasteiger partial charge in [0.1, 0.15) is 11.6 Å². The summed E-state index contributed by atoms with van der Waals surface area (Å²) < 4.78 is 27.9. The molecule has 0 saturated heterocycles. The first-order valence-corrected chi connectivity index (χ1v) is 6.03. The summed E-state index contributed by atoms with van der Waals surface area (Å²) in [4.78, 5) is 0. The van der Waals surface area contributed by atoms with Gasteiger partial charge in [-0.15, -0.1) is 12.4 Å². The summed E-state index contributed by atoms with van der Waals surface area (Å²) in [5, 5.41) is 3.21. The van der Waals surface area contributed by atoms with E-state index in [1.54, 1.807) is 24.3 Å². The Morgan fingerprint density at radius 3 is 2.53 bits per heavy atom. The largest absolute Gasteiger partial charge is 0.312 e. The van der Waals surface area contributed by atoms with Crippen LogP contribution in [0.3, 0.4) is 0 Å². The van der Waals surface area contributed by atoms with Crippen molar-refractivity contribution in [3.05, 3.63) is 59.2 Å². The second-order valence-electron chi connectivity index (χ2n) is 4.47. The van der Waals surface area contributed by atoms with Crippen LogP contribution in [0.2, 0.25) is 0 Å². The number of halogens is 3. The van der Waals surface area contributed by atoms with Gasteiger partial charge in [-0.2, -0.15) is 0 Å². The Balaban J connectivity index is 0.00000133. The molecule has 0 atom stereocenters. The minimum absolute atomic E-state index is 0. The number of benzene rings is 2. The molecule has 100 valence electrons. The third kappa shape index (κ3) is 2.48. The van der Waals surface area contributed by atoms with Crippen molar-refractivity contribution in [2.45, 2.75) is 13.0 Å². The number of rotatable bonds is 1. The molecule has 1 heterocycles. The maximum atomic E-state index is 14.0. The number of nitrogens with one attached hydrogen (secondary N) is 1. The average Bonchev–Trinajstić information content (AvgIpc) is 2.40. The van der Waals surface area contributed by atoms with Crippen molar-refractivity contribution in [2.24, 2.45) is 0 Å². The molecule has 0 fully saturated rings. The highest BCUT2D eigenvalue weighted by Gasteiger charge is 2.19. The fourth-order valence-corrected chi connectivity index (χ4v) is 2.49. The molecular formula is C15H14ClF2N. The molecule has 1 aliphatic rings. The second kappa shape index (κ2) is 5.68. The molecule has 0 spiro atoms. The first kappa shape index (κ1) is 14.0. The van der Waals surface area contributed by atoms with E-state index in [-0.39, 0.29) is 24.0 Å². The van der Waals surface area contributed by atoms with E-state index >= 15 is 0 Å². The summed E-state index contributed by atoms with van der Waals surface area (Å²) in [7, 11) is 0. The third-order valence-corrected chi connectivity index (χ3v) is 3.38. The fraction of sp³-hybridized carbons (Fsp3) is 0.200. The Bertz CT molecular complexity index is 599. The summed E-state index contributed by atoms with van der Waals surface area (Å²) in [5.41, 5.74) is 2.73. The Hall–Kier alpha value is -1.45. The van der Waals surface area contributed by atoms with Gasteiger partial charge in [-0.25, -0.2) is 8.78 Å². The molecule has 1 aliphatic heterocycles. The quantitative estimate of drug-likeness (QED) is 0.840. The Morgan fingerprint density at radius 2 is 1.74 bits per heavy atom. The van der Waals surface area contributed by atoms with Gasteiger partial charge >= 0.3 is 0 Å². The van der Waals surface area contributed by atoms with E-state index in [0.717, 1.165) is 24.1 Å². The van der Waals surface area contributed by atoms with E-state index in [1.807, 2.05) is 0 Å². The average molecular weight is 282 g/mol. The van der Waals surface area contributed by atoms with Gasteiger partial charge in [0.25, 0.3) is 0 Å². The fourth-order valence-electron chi connectivity index (χ4n) is 2.49. The standard InChI is InChI=1S/C15H13F2N.ClH/c16-13-4-2-1-3-11(13)15-12-9-18-8-7-10(12)5-6-14(15)17;/h1-6,18H,7-9H2;1H. The van der Waals surface area contributed by atoms with Gasteiger partial charge in [0.15, 0.2) is 0 Å². The molecule has 0 amide bonds. The van der Waals surface area contributed by atoms with Crippen LogP contribution in [0, 0.1) is 11.6 Å². The first-order valence-electron chi connectivity index (χ1n) is 6.03. The van der Waals surface area contributed by atoms with Crippen LogP contribution >= 0.6 is 12.4 Å². The first-order chi connectivity index (χ1) is 8.77. The van der Waals surface area contributed by atoms with Gasteiger partial charge in [0.05, 0.1) is 0 Å². The van der Waals surface area contributed by atoms with E-state index in [9.17, 15) is 8.78 Å². The predicted octanol–water partition coefficient (Wildman–Crippen LogP) is 3.70. The van der Waals surface area contributed by atoms with Gasteiger partial charge < -0.3 is 5.32 Å². The highest BCUT2D eigenvalue weighted by molar-refractivity contribution is 5.85. The van der Waals surface area contributed by atoms with Crippen molar-refractivity contribution in [1.82, 2.24) is 5.32 Å².